The van der Waals surface area contributed by atoms with Crippen molar-refractivity contribution in [1.29, 1.82) is 0 Å². The van der Waals surface area contributed by atoms with Crippen LogP contribution in [0.4, 0.5) is 0 Å². The molecule has 4 nitrogen and oxygen atoms in total. The zero-order valence-electron chi connectivity index (χ0n) is 7.25. The van der Waals surface area contributed by atoms with Crippen molar-refractivity contribution in [2.24, 2.45) is 0 Å². The zero-order chi connectivity index (χ0) is 8.44. The number of rotatable bonds is 2. The van der Waals surface area contributed by atoms with Crippen molar-refractivity contribution in [3.8, 4) is 0 Å². The van der Waals surface area contributed by atoms with E-state index in [0.717, 1.165) is 26.2 Å². The van der Waals surface area contributed by atoms with Gasteiger partial charge in [0, 0.05) is 26.2 Å². The first kappa shape index (κ1) is 8.44. The lowest BCUT2D eigenvalue weighted by molar-refractivity contribution is -0.162. The van der Waals surface area contributed by atoms with Crippen LogP contribution in [0.1, 0.15) is 0 Å². The van der Waals surface area contributed by atoms with Crippen molar-refractivity contribution in [2.45, 2.75) is 5.54 Å². The SMILES string of the molecule is OCC1(N2CCNCC2)COC1. The van der Waals surface area contributed by atoms with Gasteiger partial charge in [0.05, 0.1) is 25.4 Å². The van der Waals surface area contributed by atoms with Crippen LogP contribution >= 0.6 is 0 Å². The van der Waals surface area contributed by atoms with E-state index in [1.165, 1.54) is 0 Å². The first-order chi connectivity index (χ1) is 5.87. The van der Waals surface area contributed by atoms with Crippen molar-refractivity contribution in [2.75, 3.05) is 46.0 Å². The summed E-state index contributed by atoms with van der Waals surface area (Å²) < 4.78 is 5.16. The molecule has 0 bridgehead atoms. The average Bonchev–Trinajstić information content (AvgIpc) is 2.05. The number of piperazine rings is 1. The molecule has 2 heterocycles. The van der Waals surface area contributed by atoms with E-state index >= 15 is 0 Å². The minimum atomic E-state index is -0.0396. The lowest BCUT2D eigenvalue weighted by atomic mass is 9.95. The van der Waals surface area contributed by atoms with Gasteiger partial charge in [0.15, 0.2) is 0 Å². The van der Waals surface area contributed by atoms with Gasteiger partial charge in [0.25, 0.3) is 0 Å². The lowest BCUT2D eigenvalue weighted by Crippen LogP contribution is -2.67. The molecule has 2 saturated heterocycles. The molecule has 0 spiro atoms. The summed E-state index contributed by atoms with van der Waals surface area (Å²) in [5.74, 6) is 0. The van der Waals surface area contributed by atoms with E-state index < -0.39 is 0 Å². The molecule has 0 amide bonds. The van der Waals surface area contributed by atoms with Crippen LogP contribution in [0.25, 0.3) is 0 Å². The third-order valence-electron chi connectivity index (χ3n) is 2.82. The fourth-order valence-corrected chi connectivity index (χ4v) is 1.85. The minimum Gasteiger partial charge on any atom is -0.394 e. The Morgan fingerprint density at radius 3 is 2.42 bits per heavy atom. The van der Waals surface area contributed by atoms with Crippen molar-refractivity contribution >= 4 is 0 Å². The van der Waals surface area contributed by atoms with Gasteiger partial charge in [-0.2, -0.15) is 0 Å². The number of nitrogens with zero attached hydrogens (tertiary/aromatic N) is 1. The second-order valence-corrected chi connectivity index (χ2v) is 3.61. The Labute approximate surface area is 72.5 Å². The summed E-state index contributed by atoms with van der Waals surface area (Å²) in [7, 11) is 0. The Kier molecular flexibility index (Phi) is 2.32. The number of nitrogens with one attached hydrogen (secondary N) is 1. The van der Waals surface area contributed by atoms with Crippen molar-refractivity contribution in [3.63, 3.8) is 0 Å². The van der Waals surface area contributed by atoms with E-state index in [4.69, 9.17) is 4.74 Å². The number of hydrogen-bond donors (Lipinski definition) is 2. The zero-order valence-corrected chi connectivity index (χ0v) is 7.25. The van der Waals surface area contributed by atoms with E-state index in [2.05, 4.69) is 10.2 Å². The van der Waals surface area contributed by atoms with E-state index in [1.807, 2.05) is 0 Å². The van der Waals surface area contributed by atoms with Crippen molar-refractivity contribution in [1.82, 2.24) is 10.2 Å². The van der Waals surface area contributed by atoms with Crippen LogP contribution < -0.4 is 5.32 Å². The Morgan fingerprint density at radius 1 is 1.33 bits per heavy atom. The van der Waals surface area contributed by atoms with Gasteiger partial charge in [0.2, 0.25) is 0 Å². The highest BCUT2D eigenvalue weighted by molar-refractivity contribution is 4.97. The summed E-state index contributed by atoms with van der Waals surface area (Å²) in [6, 6.07) is 0. The smallest absolute Gasteiger partial charge is 0.0912 e. The van der Waals surface area contributed by atoms with Crippen LogP contribution in [0.5, 0.6) is 0 Å². The first-order valence-corrected chi connectivity index (χ1v) is 4.52. The summed E-state index contributed by atoms with van der Waals surface area (Å²) >= 11 is 0. The summed E-state index contributed by atoms with van der Waals surface area (Å²) in [6.45, 7) is 5.75. The fraction of sp³-hybridized carbons (Fsp3) is 1.00. The number of ether oxygens (including phenoxy) is 1. The normalized spacial score (nSPS) is 29.8. The predicted molar refractivity (Wildman–Crippen MR) is 45.1 cm³/mol. The molecular weight excluding hydrogens is 156 g/mol. The molecule has 2 rings (SSSR count). The number of aliphatic hydroxyl groups excluding tert-OH is 1. The van der Waals surface area contributed by atoms with Gasteiger partial charge in [-0.05, 0) is 0 Å². The molecule has 2 aliphatic rings. The molecule has 2 N–H and O–H groups in total. The Bertz CT molecular complexity index is 148. The van der Waals surface area contributed by atoms with Gasteiger partial charge in [-0.3, -0.25) is 4.90 Å². The monoisotopic (exact) mass is 172 g/mol. The molecule has 12 heavy (non-hydrogen) atoms. The molecule has 0 radical (unpaired) electrons. The number of hydrogen-bond acceptors (Lipinski definition) is 4. The quantitative estimate of drug-likeness (QED) is 0.541. The molecule has 2 fully saturated rings. The maximum absolute atomic E-state index is 9.25. The molecular formula is C8H16N2O2. The van der Waals surface area contributed by atoms with E-state index in [-0.39, 0.29) is 12.1 Å². The second-order valence-electron chi connectivity index (χ2n) is 3.61. The molecule has 0 atom stereocenters. The summed E-state index contributed by atoms with van der Waals surface area (Å²) in [6.07, 6.45) is 0. The van der Waals surface area contributed by atoms with E-state index in [9.17, 15) is 5.11 Å². The van der Waals surface area contributed by atoms with Crippen LogP contribution in [0, 0.1) is 0 Å². The Balaban J connectivity index is 1.95. The minimum absolute atomic E-state index is 0.0396. The molecule has 0 aliphatic carbocycles. The molecule has 0 aromatic carbocycles. The van der Waals surface area contributed by atoms with Gasteiger partial charge < -0.3 is 15.2 Å². The summed E-state index contributed by atoms with van der Waals surface area (Å²) in [5.41, 5.74) is -0.0396. The molecule has 4 heteroatoms. The van der Waals surface area contributed by atoms with Crippen molar-refractivity contribution < 1.29 is 9.84 Å². The summed E-state index contributed by atoms with van der Waals surface area (Å²) in [5, 5.41) is 12.5. The standard InChI is InChI=1S/C8H16N2O2/c11-5-8(6-12-7-8)10-3-1-9-2-4-10/h9,11H,1-7H2. The van der Waals surface area contributed by atoms with Crippen LogP contribution in [0.3, 0.4) is 0 Å². The topological polar surface area (TPSA) is 44.7 Å². The van der Waals surface area contributed by atoms with Crippen LogP contribution in [0.15, 0.2) is 0 Å². The molecule has 0 unspecified atom stereocenters. The van der Waals surface area contributed by atoms with Crippen LogP contribution in [-0.2, 0) is 4.74 Å². The summed E-state index contributed by atoms with van der Waals surface area (Å²) in [4.78, 5) is 2.34. The third kappa shape index (κ3) is 1.25. The maximum atomic E-state index is 9.25. The van der Waals surface area contributed by atoms with Gasteiger partial charge in [-0.25, -0.2) is 0 Å². The van der Waals surface area contributed by atoms with Gasteiger partial charge in [-0.1, -0.05) is 0 Å². The van der Waals surface area contributed by atoms with Gasteiger partial charge >= 0.3 is 0 Å². The largest absolute Gasteiger partial charge is 0.394 e. The lowest BCUT2D eigenvalue weighted by Gasteiger charge is -2.49. The predicted octanol–water partition coefficient (Wildman–Crippen LogP) is -1.35. The van der Waals surface area contributed by atoms with Crippen LogP contribution in [-0.4, -0.2) is 61.5 Å². The van der Waals surface area contributed by atoms with Crippen molar-refractivity contribution in [3.05, 3.63) is 0 Å². The highest BCUT2D eigenvalue weighted by Gasteiger charge is 2.43. The van der Waals surface area contributed by atoms with Gasteiger partial charge in [0.1, 0.15) is 0 Å². The highest BCUT2D eigenvalue weighted by atomic mass is 16.5. The average molecular weight is 172 g/mol. The Hall–Kier alpha value is -0.160. The fourth-order valence-electron chi connectivity index (χ4n) is 1.85. The molecule has 0 saturated carbocycles. The highest BCUT2D eigenvalue weighted by Crippen LogP contribution is 2.24. The number of aliphatic hydroxyl groups is 1. The molecule has 70 valence electrons. The van der Waals surface area contributed by atoms with Gasteiger partial charge in [-0.15, -0.1) is 0 Å². The molecule has 0 aromatic heterocycles. The third-order valence-corrected chi connectivity index (χ3v) is 2.82. The van der Waals surface area contributed by atoms with E-state index in [1.54, 1.807) is 0 Å². The Morgan fingerprint density at radius 2 is 2.00 bits per heavy atom. The maximum Gasteiger partial charge on any atom is 0.0912 e. The van der Waals surface area contributed by atoms with E-state index in [0.29, 0.717) is 13.2 Å². The van der Waals surface area contributed by atoms with Crippen LogP contribution in [0.2, 0.25) is 0 Å². The first-order valence-electron chi connectivity index (χ1n) is 4.52. The molecule has 0 aromatic rings. The second kappa shape index (κ2) is 3.30. The molecule has 2 aliphatic heterocycles.